The van der Waals surface area contributed by atoms with Gasteiger partial charge in [-0.05, 0) is 38.1 Å². The molecule has 0 unspecified atom stereocenters. The maximum atomic E-state index is 12.3. The number of rotatable bonds is 10. The summed E-state index contributed by atoms with van der Waals surface area (Å²) in [6.45, 7) is 15.4. The van der Waals surface area contributed by atoms with Crippen molar-refractivity contribution in [3.8, 4) is 0 Å². The zero-order valence-corrected chi connectivity index (χ0v) is 22.4. The average Bonchev–Trinajstić information content (AvgIpc) is 2.81. The van der Waals surface area contributed by atoms with Crippen LogP contribution in [0.15, 0.2) is 60.5 Å². The van der Waals surface area contributed by atoms with Crippen LogP contribution in [0.5, 0.6) is 0 Å². The first-order chi connectivity index (χ1) is 16.2. The van der Waals surface area contributed by atoms with E-state index in [4.69, 9.17) is 11.6 Å². The summed E-state index contributed by atoms with van der Waals surface area (Å²) >= 11 is 5.90. The molecule has 1 aromatic carbocycles. The lowest BCUT2D eigenvalue weighted by Gasteiger charge is -2.38. The first-order valence-corrected chi connectivity index (χ1v) is 12.7. The van der Waals surface area contributed by atoms with Crippen LogP contribution in [0.2, 0.25) is 5.02 Å². The van der Waals surface area contributed by atoms with Gasteiger partial charge in [-0.15, -0.1) is 0 Å². The van der Waals surface area contributed by atoms with Crippen LogP contribution in [-0.4, -0.2) is 66.2 Å². The van der Waals surface area contributed by atoms with Gasteiger partial charge in [0.05, 0.1) is 12.2 Å². The van der Waals surface area contributed by atoms with E-state index < -0.39 is 0 Å². The number of Topliss-reactive ketones (excluding diaryl/α,β-unsaturated/α-hetero) is 1. The highest BCUT2D eigenvalue weighted by atomic mass is 35.5. The van der Waals surface area contributed by atoms with E-state index in [1.165, 1.54) is 5.56 Å². The molecular formula is C28H42ClN3O2. The zero-order chi connectivity index (χ0) is 25.5. The largest absolute Gasteiger partial charge is 0.340 e. The quantitative estimate of drug-likeness (QED) is 0.396. The predicted octanol–water partition coefficient (Wildman–Crippen LogP) is 5.72. The molecule has 1 aliphatic rings. The van der Waals surface area contributed by atoms with Crippen molar-refractivity contribution in [2.75, 3.05) is 39.8 Å². The van der Waals surface area contributed by atoms with Crippen molar-refractivity contribution < 1.29 is 9.59 Å². The molecule has 0 atom stereocenters. The Bertz CT molecular complexity index is 863. The smallest absolute Gasteiger partial charge is 0.246 e. The van der Waals surface area contributed by atoms with Crippen molar-refractivity contribution in [3.05, 3.63) is 71.1 Å². The molecule has 34 heavy (non-hydrogen) atoms. The van der Waals surface area contributed by atoms with Crippen LogP contribution in [0.1, 0.15) is 52.5 Å². The van der Waals surface area contributed by atoms with Crippen molar-refractivity contribution in [1.29, 1.82) is 0 Å². The third-order valence-electron chi connectivity index (χ3n) is 5.63. The fraction of sp³-hybridized carbons (Fsp3) is 0.500. The topological polar surface area (TPSA) is 43.9 Å². The molecule has 0 saturated carbocycles. The lowest BCUT2D eigenvalue weighted by Crippen LogP contribution is -2.46. The van der Waals surface area contributed by atoms with Crippen molar-refractivity contribution >= 4 is 23.3 Å². The molecule has 1 aliphatic heterocycles. The Kier molecular flexibility index (Phi) is 14.2. The van der Waals surface area contributed by atoms with E-state index in [-0.39, 0.29) is 11.7 Å². The van der Waals surface area contributed by atoms with E-state index in [1.54, 1.807) is 17.9 Å². The highest BCUT2D eigenvalue weighted by molar-refractivity contribution is 6.31. The maximum Gasteiger partial charge on any atom is 0.246 e. The number of aryl methyl sites for hydroxylation is 1. The number of unbranched alkanes of at least 4 members (excludes halogenated alkanes) is 1. The van der Waals surface area contributed by atoms with Gasteiger partial charge in [-0.3, -0.25) is 9.59 Å². The van der Waals surface area contributed by atoms with E-state index in [0.717, 1.165) is 49.5 Å². The van der Waals surface area contributed by atoms with Crippen molar-refractivity contribution in [2.45, 2.75) is 53.4 Å². The molecule has 1 fully saturated rings. The number of hydrogen-bond acceptors (Lipinski definition) is 4. The van der Waals surface area contributed by atoms with Gasteiger partial charge >= 0.3 is 0 Å². The first-order valence-electron chi connectivity index (χ1n) is 12.3. The summed E-state index contributed by atoms with van der Waals surface area (Å²) < 4.78 is 0. The highest BCUT2D eigenvalue weighted by Crippen LogP contribution is 2.20. The van der Waals surface area contributed by atoms with E-state index in [1.807, 2.05) is 42.3 Å². The van der Waals surface area contributed by atoms with Gasteiger partial charge in [0.25, 0.3) is 0 Å². The highest BCUT2D eigenvalue weighted by Gasteiger charge is 2.25. The van der Waals surface area contributed by atoms with Crippen molar-refractivity contribution in [2.24, 2.45) is 0 Å². The minimum Gasteiger partial charge on any atom is -0.340 e. The zero-order valence-electron chi connectivity index (χ0n) is 21.6. The number of likely N-dealkylation sites (N-methyl/N-ethyl adjacent to an activating group) is 1. The Morgan fingerprint density at radius 1 is 1.15 bits per heavy atom. The van der Waals surface area contributed by atoms with Gasteiger partial charge in [0, 0.05) is 43.4 Å². The van der Waals surface area contributed by atoms with Crippen LogP contribution in [-0.2, 0) is 16.0 Å². The van der Waals surface area contributed by atoms with Gasteiger partial charge in [-0.1, -0.05) is 82.1 Å². The molecule has 6 heteroatoms. The molecule has 1 saturated heterocycles. The molecular weight excluding hydrogens is 446 g/mol. The minimum absolute atomic E-state index is 0.00205. The standard InChI is InChI=1S/C19H31N3O2.C9H11Cl/c1-6-8-10-18(17(4)23)22-14-13-21(15-16(22)3)19(24)11-9-12-20(5)7-2;1-2-5-8-6-3-4-7-9(8)10/h9-11H,3,6-8,12-15H2,1-2,4-5H3;3-4,6-7H,2,5H2,1H3/b11-9+,18-10-;. The summed E-state index contributed by atoms with van der Waals surface area (Å²) in [5.41, 5.74) is 2.76. The van der Waals surface area contributed by atoms with Crippen LogP contribution in [0.4, 0.5) is 0 Å². The Morgan fingerprint density at radius 2 is 1.85 bits per heavy atom. The number of nitrogens with zero attached hydrogens (tertiary/aromatic N) is 3. The molecule has 5 nitrogen and oxygen atoms in total. The summed E-state index contributed by atoms with van der Waals surface area (Å²) in [5.74, 6) is 0.0501. The third-order valence-corrected chi connectivity index (χ3v) is 6.00. The Balaban J connectivity index is 0.000000479. The van der Waals surface area contributed by atoms with Crippen LogP contribution >= 0.6 is 11.6 Å². The second-order valence-electron chi connectivity index (χ2n) is 8.51. The number of amides is 1. The molecule has 0 radical (unpaired) electrons. The van der Waals surface area contributed by atoms with Crippen molar-refractivity contribution in [3.63, 3.8) is 0 Å². The van der Waals surface area contributed by atoms with E-state index in [2.05, 4.69) is 38.3 Å². The SMILES string of the molecule is C=C1CN(C(=O)/C=C/CN(C)CC)CCN1/C(=C\CCC)C(C)=O.CCCc1ccccc1Cl. The number of benzene rings is 1. The number of hydrogen-bond donors (Lipinski definition) is 0. The van der Waals surface area contributed by atoms with E-state index in [9.17, 15) is 9.59 Å². The lowest BCUT2D eigenvalue weighted by molar-refractivity contribution is -0.126. The molecule has 2 rings (SSSR count). The number of allylic oxidation sites excluding steroid dienone is 2. The van der Waals surface area contributed by atoms with Crippen LogP contribution < -0.4 is 0 Å². The van der Waals surface area contributed by atoms with Gasteiger partial charge in [0.2, 0.25) is 5.91 Å². The van der Waals surface area contributed by atoms with Crippen LogP contribution in [0.25, 0.3) is 0 Å². The van der Waals surface area contributed by atoms with E-state index in [0.29, 0.717) is 25.3 Å². The third kappa shape index (κ3) is 10.3. The summed E-state index contributed by atoms with van der Waals surface area (Å²) in [7, 11) is 2.02. The summed E-state index contributed by atoms with van der Waals surface area (Å²) in [6.07, 6.45) is 9.61. The summed E-state index contributed by atoms with van der Waals surface area (Å²) in [4.78, 5) is 30.0. The number of piperazine rings is 1. The molecule has 0 aromatic heterocycles. The van der Waals surface area contributed by atoms with Crippen LogP contribution in [0.3, 0.4) is 0 Å². The van der Waals surface area contributed by atoms with Gasteiger partial charge in [-0.25, -0.2) is 0 Å². The van der Waals surface area contributed by atoms with Crippen molar-refractivity contribution in [1.82, 2.24) is 14.7 Å². The molecule has 0 aliphatic carbocycles. The summed E-state index contributed by atoms with van der Waals surface area (Å²) in [5, 5.41) is 0.893. The fourth-order valence-electron chi connectivity index (χ4n) is 3.51. The number of carbonyl (C=O) groups is 2. The monoisotopic (exact) mass is 487 g/mol. The maximum absolute atomic E-state index is 12.3. The Labute approximate surface area is 211 Å². The first kappa shape index (κ1) is 29.7. The Hall–Kier alpha value is -2.37. The van der Waals surface area contributed by atoms with E-state index >= 15 is 0 Å². The predicted molar refractivity (Wildman–Crippen MR) is 144 cm³/mol. The minimum atomic E-state index is 0.00205. The summed E-state index contributed by atoms with van der Waals surface area (Å²) in [6, 6.07) is 8.00. The lowest BCUT2D eigenvalue weighted by atomic mass is 10.1. The second kappa shape index (κ2) is 16.3. The normalized spacial score (nSPS) is 14.4. The number of ketones is 1. The van der Waals surface area contributed by atoms with Gasteiger partial charge in [0.15, 0.2) is 5.78 Å². The number of halogens is 1. The second-order valence-corrected chi connectivity index (χ2v) is 8.92. The number of carbonyl (C=O) groups excluding carboxylic acids is 2. The molecule has 1 aromatic rings. The molecule has 1 heterocycles. The molecule has 0 bridgehead atoms. The van der Waals surface area contributed by atoms with Gasteiger partial charge in [-0.2, -0.15) is 0 Å². The average molecular weight is 488 g/mol. The van der Waals surface area contributed by atoms with Gasteiger partial charge in [0.1, 0.15) is 0 Å². The van der Waals surface area contributed by atoms with Gasteiger partial charge < -0.3 is 14.7 Å². The molecule has 0 spiro atoms. The van der Waals surface area contributed by atoms with Crippen LogP contribution in [0, 0.1) is 0 Å². The molecule has 188 valence electrons. The molecule has 0 N–H and O–H groups in total. The fourth-order valence-corrected chi connectivity index (χ4v) is 3.74. The Morgan fingerprint density at radius 3 is 2.41 bits per heavy atom. The molecule has 1 amide bonds.